The Labute approximate surface area is 110 Å². The van der Waals surface area contributed by atoms with Crippen molar-refractivity contribution >= 4 is 0 Å². The molecular formula is C14H18F3NO. The highest BCUT2D eigenvalue weighted by atomic mass is 19.4. The van der Waals surface area contributed by atoms with Gasteiger partial charge in [0, 0.05) is 12.6 Å². The van der Waals surface area contributed by atoms with Gasteiger partial charge >= 0.3 is 6.18 Å². The molecule has 1 saturated heterocycles. The Morgan fingerprint density at radius 3 is 2.47 bits per heavy atom. The summed E-state index contributed by atoms with van der Waals surface area (Å²) >= 11 is 0. The lowest BCUT2D eigenvalue weighted by molar-refractivity contribution is -0.137. The largest absolute Gasteiger partial charge is 0.416 e. The van der Waals surface area contributed by atoms with E-state index >= 15 is 0 Å². The Morgan fingerprint density at radius 1 is 1.26 bits per heavy atom. The number of halogens is 3. The topological polar surface area (TPSA) is 35.2 Å². The smallest absolute Gasteiger partial charge is 0.381 e. The van der Waals surface area contributed by atoms with Crippen LogP contribution in [0.4, 0.5) is 13.2 Å². The molecule has 19 heavy (non-hydrogen) atoms. The Balaban J connectivity index is 1.95. The molecule has 0 saturated carbocycles. The van der Waals surface area contributed by atoms with Gasteiger partial charge in [-0.3, -0.25) is 0 Å². The third kappa shape index (κ3) is 3.94. The molecule has 0 spiro atoms. The summed E-state index contributed by atoms with van der Waals surface area (Å²) in [6, 6.07) is 5.18. The number of hydrogen-bond acceptors (Lipinski definition) is 2. The summed E-state index contributed by atoms with van der Waals surface area (Å²) in [4.78, 5) is 0. The second kappa shape index (κ2) is 5.92. The second-order valence-corrected chi connectivity index (χ2v) is 5.04. The molecule has 0 aromatic heterocycles. The van der Waals surface area contributed by atoms with Crippen LogP contribution in [-0.2, 0) is 17.3 Å². The number of alkyl halides is 3. The molecule has 2 unspecified atom stereocenters. The van der Waals surface area contributed by atoms with Gasteiger partial charge in [0.2, 0.25) is 0 Å². The number of benzene rings is 1. The summed E-state index contributed by atoms with van der Waals surface area (Å²) in [6.07, 6.45) is -1.66. The fourth-order valence-electron chi connectivity index (χ4n) is 2.37. The quantitative estimate of drug-likeness (QED) is 0.918. The van der Waals surface area contributed by atoms with Crippen molar-refractivity contribution in [3.63, 3.8) is 0 Å². The minimum atomic E-state index is -4.28. The van der Waals surface area contributed by atoms with Gasteiger partial charge in [0.1, 0.15) is 0 Å². The average Bonchev–Trinajstić information content (AvgIpc) is 2.39. The van der Waals surface area contributed by atoms with Crippen molar-refractivity contribution in [2.45, 2.75) is 31.5 Å². The van der Waals surface area contributed by atoms with Crippen LogP contribution in [-0.4, -0.2) is 19.3 Å². The SMILES string of the molecule is NC(Cc1ccc(C(F)(F)F)cc1)C1CCCOC1. The van der Waals surface area contributed by atoms with E-state index in [0.717, 1.165) is 37.1 Å². The zero-order valence-corrected chi connectivity index (χ0v) is 10.6. The predicted octanol–water partition coefficient (Wildman–Crippen LogP) is 3.00. The van der Waals surface area contributed by atoms with Crippen LogP contribution in [0.15, 0.2) is 24.3 Å². The Morgan fingerprint density at radius 2 is 1.95 bits per heavy atom. The molecule has 1 aliphatic rings. The van der Waals surface area contributed by atoms with Crippen LogP contribution in [0.25, 0.3) is 0 Å². The molecule has 0 aliphatic carbocycles. The summed E-state index contributed by atoms with van der Waals surface area (Å²) in [5.74, 6) is 0.302. The van der Waals surface area contributed by atoms with Crippen LogP contribution < -0.4 is 5.73 Å². The first-order valence-electron chi connectivity index (χ1n) is 6.46. The summed E-state index contributed by atoms with van der Waals surface area (Å²) in [5, 5.41) is 0. The third-order valence-corrected chi connectivity index (χ3v) is 3.55. The summed E-state index contributed by atoms with van der Waals surface area (Å²) in [6.45, 7) is 1.44. The fraction of sp³-hybridized carbons (Fsp3) is 0.571. The first-order chi connectivity index (χ1) is 8.97. The molecule has 106 valence electrons. The number of ether oxygens (including phenoxy) is 1. The van der Waals surface area contributed by atoms with Crippen molar-refractivity contribution < 1.29 is 17.9 Å². The molecule has 2 atom stereocenters. The second-order valence-electron chi connectivity index (χ2n) is 5.04. The molecule has 1 aliphatic heterocycles. The monoisotopic (exact) mass is 273 g/mol. The van der Waals surface area contributed by atoms with Gasteiger partial charge in [-0.1, -0.05) is 12.1 Å². The first kappa shape index (κ1) is 14.3. The van der Waals surface area contributed by atoms with Crippen LogP contribution in [0.3, 0.4) is 0 Å². The molecule has 1 heterocycles. The Bertz CT molecular complexity index is 396. The van der Waals surface area contributed by atoms with Crippen molar-refractivity contribution in [3.05, 3.63) is 35.4 Å². The van der Waals surface area contributed by atoms with Crippen molar-refractivity contribution in [3.8, 4) is 0 Å². The van der Waals surface area contributed by atoms with E-state index in [-0.39, 0.29) is 6.04 Å². The molecule has 1 aromatic rings. The molecule has 2 N–H and O–H groups in total. The van der Waals surface area contributed by atoms with Crippen LogP contribution in [0.1, 0.15) is 24.0 Å². The molecular weight excluding hydrogens is 255 g/mol. The molecule has 1 aromatic carbocycles. The van der Waals surface area contributed by atoms with Gasteiger partial charge in [0.05, 0.1) is 12.2 Å². The molecule has 0 bridgehead atoms. The third-order valence-electron chi connectivity index (χ3n) is 3.55. The predicted molar refractivity (Wildman–Crippen MR) is 66.7 cm³/mol. The van der Waals surface area contributed by atoms with E-state index in [4.69, 9.17) is 10.5 Å². The maximum absolute atomic E-state index is 12.4. The minimum absolute atomic E-state index is 0.0583. The highest BCUT2D eigenvalue weighted by Gasteiger charge is 2.30. The van der Waals surface area contributed by atoms with Gasteiger partial charge in [-0.2, -0.15) is 13.2 Å². The molecule has 2 nitrogen and oxygen atoms in total. The van der Waals surface area contributed by atoms with Gasteiger partial charge < -0.3 is 10.5 Å². The van der Waals surface area contributed by atoms with E-state index in [1.165, 1.54) is 12.1 Å². The molecule has 0 radical (unpaired) electrons. The number of nitrogens with two attached hydrogens (primary N) is 1. The van der Waals surface area contributed by atoms with Crippen LogP contribution in [0.2, 0.25) is 0 Å². The van der Waals surface area contributed by atoms with Crippen molar-refractivity contribution in [2.24, 2.45) is 11.7 Å². The minimum Gasteiger partial charge on any atom is -0.381 e. The zero-order chi connectivity index (χ0) is 13.9. The average molecular weight is 273 g/mol. The van der Waals surface area contributed by atoms with E-state index in [1.54, 1.807) is 0 Å². The first-order valence-corrected chi connectivity index (χ1v) is 6.46. The molecule has 2 rings (SSSR count). The summed E-state index contributed by atoms with van der Waals surface area (Å²) in [7, 11) is 0. The van der Waals surface area contributed by atoms with Gasteiger partial charge in [-0.25, -0.2) is 0 Å². The summed E-state index contributed by atoms with van der Waals surface area (Å²) < 4.78 is 42.7. The Hall–Kier alpha value is -1.07. The van der Waals surface area contributed by atoms with Crippen molar-refractivity contribution in [1.82, 2.24) is 0 Å². The number of rotatable bonds is 3. The van der Waals surface area contributed by atoms with E-state index in [1.807, 2.05) is 0 Å². The van der Waals surface area contributed by atoms with E-state index in [9.17, 15) is 13.2 Å². The standard InChI is InChI=1S/C14H18F3NO/c15-14(16,17)12-5-3-10(4-6-12)8-13(18)11-2-1-7-19-9-11/h3-6,11,13H,1-2,7-9,18H2. The molecule has 1 fully saturated rings. The maximum Gasteiger partial charge on any atom is 0.416 e. The lowest BCUT2D eigenvalue weighted by Gasteiger charge is -2.27. The van der Waals surface area contributed by atoms with E-state index in [0.29, 0.717) is 18.9 Å². The van der Waals surface area contributed by atoms with Gasteiger partial charge in [0.15, 0.2) is 0 Å². The van der Waals surface area contributed by atoms with Gasteiger partial charge in [0.25, 0.3) is 0 Å². The van der Waals surface area contributed by atoms with Gasteiger partial charge in [-0.15, -0.1) is 0 Å². The van der Waals surface area contributed by atoms with Crippen molar-refractivity contribution in [2.75, 3.05) is 13.2 Å². The fourth-order valence-corrected chi connectivity index (χ4v) is 2.37. The highest BCUT2D eigenvalue weighted by Crippen LogP contribution is 2.29. The molecule has 0 amide bonds. The highest BCUT2D eigenvalue weighted by molar-refractivity contribution is 5.25. The van der Waals surface area contributed by atoms with Crippen LogP contribution in [0, 0.1) is 5.92 Å². The normalized spacial score (nSPS) is 22.2. The summed E-state index contributed by atoms with van der Waals surface area (Å²) in [5.41, 5.74) is 6.32. The Kier molecular flexibility index (Phi) is 4.47. The number of hydrogen-bond donors (Lipinski definition) is 1. The maximum atomic E-state index is 12.4. The van der Waals surface area contributed by atoms with Crippen LogP contribution >= 0.6 is 0 Å². The van der Waals surface area contributed by atoms with E-state index < -0.39 is 11.7 Å². The lowest BCUT2D eigenvalue weighted by atomic mass is 9.90. The molecule has 5 heteroatoms. The van der Waals surface area contributed by atoms with Crippen molar-refractivity contribution in [1.29, 1.82) is 0 Å². The van der Waals surface area contributed by atoms with E-state index in [2.05, 4.69) is 0 Å². The lowest BCUT2D eigenvalue weighted by Crippen LogP contribution is -2.37. The van der Waals surface area contributed by atoms with Crippen LogP contribution in [0.5, 0.6) is 0 Å². The van der Waals surface area contributed by atoms with Gasteiger partial charge in [-0.05, 0) is 42.9 Å². The zero-order valence-electron chi connectivity index (χ0n) is 10.6.